The summed E-state index contributed by atoms with van der Waals surface area (Å²) in [5, 5.41) is 10.7. The van der Waals surface area contributed by atoms with E-state index >= 15 is 0 Å². The zero-order valence-corrected chi connectivity index (χ0v) is 11.2. The Bertz CT molecular complexity index is 609. The van der Waals surface area contributed by atoms with Crippen molar-refractivity contribution in [3.63, 3.8) is 0 Å². The molecule has 0 unspecified atom stereocenters. The van der Waals surface area contributed by atoms with Crippen molar-refractivity contribution in [1.82, 2.24) is 0 Å². The molecule has 0 bridgehead atoms. The molecule has 92 valence electrons. The number of rotatable bonds is 2. The van der Waals surface area contributed by atoms with Crippen LogP contribution in [0.2, 0.25) is 10.0 Å². The van der Waals surface area contributed by atoms with E-state index in [9.17, 15) is 5.11 Å². The number of halogens is 2. The number of phenolic OH excluding ortho intramolecular Hbond substituents is 1. The highest BCUT2D eigenvalue weighted by atomic mass is 35.5. The molecule has 0 fully saturated rings. The van der Waals surface area contributed by atoms with E-state index in [-0.39, 0.29) is 5.75 Å². The van der Waals surface area contributed by atoms with Gasteiger partial charge in [0, 0.05) is 11.8 Å². The summed E-state index contributed by atoms with van der Waals surface area (Å²) in [5.41, 5.74) is 2.19. The standard InChI is InChI=1S/C14H11Cl2NO/c1-9-5-6-12(13(18)7-9)17-8-10-3-2-4-11(15)14(10)16/h2-8,18H,1H3. The van der Waals surface area contributed by atoms with E-state index < -0.39 is 0 Å². The van der Waals surface area contributed by atoms with Gasteiger partial charge in [-0.15, -0.1) is 0 Å². The van der Waals surface area contributed by atoms with Gasteiger partial charge in [0.25, 0.3) is 0 Å². The molecule has 0 saturated heterocycles. The topological polar surface area (TPSA) is 32.6 Å². The van der Waals surface area contributed by atoms with Crippen LogP contribution in [0.5, 0.6) is 5.75 Å². The number of phenols is 1. The van der Waals surface area contributed by atoms with Gasteiger partial charge in [-0.05, 0) is 30.7 Å². The fourth-order valence-corrected chi connectivity index (χ4v) is 1.86. The lowest BCUT2D eigenvalue weighted by Gasteiger charge is -2.01. The Hall–Kier alpha value is -1.51. The lowest BCUT2D eigenvalue weighted by molar-refractivity contribution is 0.476. The number of aromatic hydroxyl groups is 1. The number of hydrogen-bond donors (Lipinski definition) is 1. The van der Waals surface area contributed by atoms with Gasteiger partial charge in [-0.1, -0.05) is 41.4 Å². The van der Waals surface area contributed by atoms with Gasteiger partial charge in [0.15, 0.2) is 0 Å². The Balaban J connectivity index is 2.33. The molecule has 1 N–H and O–H groups in total. The molecule has 2 nitrogen and oxygen atoms in total. The molecule has 2 aromatic rings. The zero-order valence-electron chi connectivity index (χ0n) is 9.69. The van der Waals surface area contributed by atoms with Crippen molar-refractivity contribution in [2.45, 2.75) is 6.92 Å². The van der Waals surface area contributed by atoms with Crippen LogP contribution in [-0.2, 0) is 0 Å². The molecule has 0 aliphatic rings. The first-order valence-corrected chi connectivity index (χ1v) is 6.11. The molecule has 0 aliphatic carbocycles. The number of aryl methyl sites for hydroxylation is 1. The van der Waals surface area contributed by atoms with Gasteiger partial charge in [0.1, 0.15) is 11.4 Å². The summed E-state index contributed by atoms with van der Waals surface area (Å²) in [6, 6.07) is 10.6. The molecule has 0 aromatic heterocycles. The lowest BCUT2D eigenvalue weighted by Crippen LogP contribution is -1.83. The third-order valence-corrected chi connectivity index (χ3v) is 3.29. The van der Waals surface area contributed by atoms with Gasteiger partial charge in [-0.2, -0.15) is 0 Å². The minimum absolute atomic E-state index is 0.143. The number of hydrogen-bond acceptors (Lipinski definition) is 2. The van der Waals surface area contributed by atoms with E-state index in [2.05, 4.69) is 4.99 Å². The number of benzene rings is 2. The predicted octanol–water partition coefficient (Wildman–Crippen LogP) is 4.76. The van der Waals surface area contributed by atoms with E-state index in [0.717, 1.165) is 5.56 Å². The summed E-state index contributed by atoms with van der Waals surface area (Å²) in [4.78, 5) is 4.20. The Labute approximate surface area is 116 Å². The maximum absolute atomic E-state index is 9.72. The zero-order chi connectivity index (χ0) is 13.1. The molecular weight excluding hydrogens is 269 g/mol. The van der Waals surface area contributed by atoms with Crippen LogP contribution < -0.4 is 0 Å². The van der Waals surface area contributed by atoms with Crippen molar-refractivity contribution >= 4 is 35.1 Å². The SMILES string of the molecule is Cc1ccc(N=Cc2cccc(Cl)c2Cl)c(O)c1. The van der Waals surface area contributed by atoms with Crippen molar-refractivity contribution in [2.24, 2.45) is 4.99 Å². The van der Waals surface area contributed by atoms with E-state index in [1.54, 1.807) is 30.5 Å². The molecule has 0 saturated carbocycles. The molecule has 2 rings (SSSR count). The molecule has 0 radical (unpaired) electrons. The van der Waals surface area contributed by atoms with Crippen LogP contribution in [0.15, 0.2) is 41.4 Å². The van der Waals surface area contributed by atoms with E-state index in [1.165, 1.54) is 0 Å². The Morgan fingerprint density at radius 1 is 1.17 bits per heavy atom. The highest BCUT2D eigenvalue weighted by molar-refractivity contribution is 6.43. The Kier molecular flexibility index (Phi) is 3.90. The van der Waals surface area contributed by atoms with Crippen LogP contribution in [0.3, 0.4) is 0 Å². The fraction of sp³-hybridized carbons (Fsp3) is 0.0714. The fourth-order valence-electron chi connectivity index (χ4n) is 1.50. The van der Waals surface area contributed by atoms with Gasteiger partial charge in [0.2, 0.25) is 0 Å². The highest BCUT2D eigenvalue weighted by Gasteiger charge is 2.02. The van der Waals surface area contributed by atoms with Crippen LogP contribution in [0.25, 0.3) is 0 Å². The average molecular weight is 280 g/mol. The second kappa shape index (κ2) is 5.42. The maximum Gasteiger partial charge on any atom is 0.141 e. The van der Waals surface area contributed by atoms with E-state index in [1.807, 2.05) is 19.1 Å². The third-order valence-electron chi connectivity index (χ3n) is 2.46. The second-order valence-electron chi connectivity index (χ2n) is 3.89. The maximum atomic E-state index is 9.72. The minimum Gasteiger partial charge on any atom is -0.506 e. The molecule has 0 spiro atoms. The van der Waals surface area contributed by atoms with Crippen LogP contribution in [-0.4, -0.2) is 11.3 Å². The number of aliphatic imine (C=N–C) groups is 1. The lowest BCUT2D eigenvalue weighted by atomic mass is 10.2. The summed E-state index contributed by atoms with van der Waals surface area (Å²) in [6.07, 6.45) is 1.58. The van der Waals surface area contributed by atoms with Gasteiger partial charge >= 0.3 is 0 Å². The number of nitrogens with zero attached hydrogens (tertiary/aromatic N) is 1. The average Bonchev–Trinajstić information content (AvgIpc) is 2.33. The monoisotopic (exact) mass is 279 g/mol. The van der Waals surface area contributed by atoms with Gasteiger partial charge in [0.05, 0.1) is 10.0 Å². The molecule has 0 amide bonds. The Morgan fingerprint density at radius 2 is 1.94 bits per heavy atom. The predicted molar refractivity (Wildman–Crippen MR) is 76.6 cm³/mol. The van der Waals surface area contributed by atoms with Crippen LogP contribution in [0.4, 0.5) is 5.69 Å². The van der Waals surface area contributed by atoms with Crippen LogP contribution >= 0.6 is 23.2 Å². The molecule has 4 heteroatoms. The van der Waals surface area contributed by atoms with Crippen molar-refractivity contribution in [1.29, 1.82) is 0 Å². The highest BCUT2D eigenvalue weighted by Crippen LogP contribution is 2.28. The van der Waals surface area contributed by atoms with E-state index in [4.69, 9.17) is 23.2 Å². The first-order valence-electron chi connectivity index (χ1n) is 5.35. The molecule has 0 heterocycles. The van der Waals surface area contributed by atoms with E-state index in [0.29, 0.717) is 21.3 Å². The summed E-state index contributed by atoms with van der Waals surface area (Å²) in [7, 11) is 0. The first-order chi connectivity index (χ1) is 8.58. The molecule has 2 aromatic carbocycles. The minimum atomic E-state index is 0.143. The van der Waals surface area contributed by atoms with Crippen molar-refractivity contribution in [3.8, 4) is 5.75 Å². The van der Waals surface area contributed by atoms with Gasteiger partial charge < -0.3 is 5.11 Å². The van der Waals surface area contributed by atoms with Gasteiger partial charge in [-0.3, -0.25) is 4.99 Å². The summed E-state index contributed by atoms with van der Waals surface area (Å²) >= 11 is 11.9. The van der Waals surface area contributed by atoms with Crippen molar-refractivity contribution in [3.05, 3.63) is 57.6 Å². The van der Waals surface area contributed by atoms with Crippen molar-refractivity contribution in [2.75, 3.05) is 0 Å². The quantitative estimate of drug-likeness (QED) is 0.790. The smallest absolute Gasteiger partial charge is 0.141 e. The third kappa shape index (κ3) is 2.84. The van der Waals surface area contributed by atoms with Crippen LogP contribution in [0.1, 0.15) is 11.1 Å². The Morgan fingerprint density at radius 3 is 2.67 bits per heavy atom. The summed E-state index contributed by atoms with van der Waals surface area (Å²) in [6.45, 7) is 1.90. The van der Waals surface area contributed by atoms with Gasteiger partial charge in [-0.25, -0.2) is 0 Å². The second-order valence-corrected chi connectivity index (χ2v) is 4.68. The van der Waals surface area contributed by atoms with Crippen LogP contribution in [0, 0.1) is 6.92 Å². The first kappa shape index (κ1) is 12.9. The largest absolute Gasteiger partial charge is 0.506 e. The summed E-state index contributed by atoms with van der Waals surface area (Å²) < 4.78 is 0. The van der Waals surface area contributed by atoms with Crippen molar-refractivity contribution < 1.29 is 5.11 Å². The molecule has 18 heavy (non-hydrogen) atoms. The molecular formula is C14H11Cl2NO. The molecule has 0 aliphatic heterocycles. The normalized spacial score (nSPS) is 11.1. The summed E-state index contributed by atoms with van der Waals surface area (Å²) in [5.74, 6) is 0.143. The molecule has 0 atom stereocenters.